The molecule has 0 atom stereocenters. The van der Waals surface area contributed by atoms with Crippen molar-refractivity contribution in [1.29, 1.82) is 0 Å². The third-order valence-corrected chi connectivity index (χ3v) is 12.4. The summed E-state index contributed by atoms with van der Waals surface area (Å²) in [4.78, 5) is 0. The molecule has 0 unspecified atom stereocenters. The van der Waals surface area contributed by atoms with Crippen LogP contribution in [0.5, 0.6) is 0 Å². The van der Waals surface area contributed by atoms with Gasteiger partial charge in [0.2, 0.25) is 0 Å². The minimum absolute atomic E-state index is 0.0417. The number of hydrogen-bond donors (Lipinski definition) is 1. The molecule has 2 nitrogen and oxygen atoms in total. The number of rotatable bonds is 4. The third-order valence-electron chi connectivity index (χ3n) is 7.25. The molecule has 1 aliphatic rings. The first kappa shape index (κ1) is 31.1. The van der Waals surface area contributed by atoms with E-state index in [0.717, 1.165) is 24.3 Å². The van der Waals surface area contributed by atoms with Gasteiger partial charge in [-0.15, -0.1) is 0 Å². The van der Waals surface area contributed by atoms with Crippen LogP contribution in [0, 0.1) is 0 Å². The molecule has 0 amide bonds. The number of alkyl halides is 12. The summed E-state index contributed by atoms with van der Waals surface area (Å²) in [6.07, 6.45) is -26.5. The van der Waals surface area contributed by atoms with Crippen molar-refractivity contribution in [3.63, 3.8) is 0 Å². The molecule has 0 saturated carbocycles. The molecule has 0 radical (unpaired) electrons. The normalized spacial score (nSPS) is 19.7. The zero-order valence-corrected chi connectivity index (χ0v) is 21.4. The standard InChI is InChI=1S/C26H19F12O2P/c1-41(15-16-9-3-2-4-10-16,19-13-7-5-11-17(19)21(39,23(27,28)29)24(30,31)32)20-14-8-6-12-18(20)22(40-41,25(33,34)35)26(36,37)38/h2-14,39H,15H2,1H3. The molecule has 0 bridgehead atoms. The first-order valence-electron chi connectivity index (χ1n) is 11.5. The Morgan fingerprint density at radius 1 is 0.634 bits per heavy atom. The summed E-state index contributed by atoms with van der Waals surface area (Å²) in [5.74, 6) is 0. The maximum atomic E-state index is 14.6. The molecule has 3 aromatic carbocycles. The van der Waals surface area contributed by atoms with Gasteiger partial charge in [-0.1, -0.05) is 0 Å². The van der Waals surface area contributed by atoms with Crippen LogP contribution in [0.1, 0.15) is 16.7 Å². The topological polar surface area (TPSA) is 29.5 Å². The van der Waals surface area contributed by atoms with Gasteiger partial charge in [-0.3, -0.25) is 0 Å². The van der Waals surface area contributed by atoms with Crippen LogP contribution in [0.25, 0.3) is 0 Å². The van der Waals surface area contributed by atoms with E-state index in [1.165, 1.54) is 30.3 Å². The van der Waals surface area contributed by atoms with Crippen LogP contribution in [0.2, 0.25) is 0 Å². The van der Waals surface area contributed by atoms with Crippen molar-refractivity contribution in [2.24, 2.45) is 0 Å². The first-order chi connectivity index (χ1) is 18.6. The monoisotopic (exact) mass is 622 g/mol. The van der Waals surface area contributed by atoms with Gasteiger partial charge in [0.05, 0.1) is 0 Å². The molecule has 1 aliphatic heterocycles. The van der Waals surface area contributed by atoms with Crippen LogP contribution in [-0.2, 0) is 21.9 Å². The van der Waals surface area contributed by atoms with Crippen molar-refractivity contribution in [2.75, 3.05) is 6.66 Å². The van der Waals surface area contributed by atoms with Crippen molar-refractivity contribution in [2.45, 2.75) is 42.1 Å². The number of halogens is 12. The molecule has 0 fully saturated rings. The summed E-state index contributed by atoms with van der Waals surface area (Å²) < 4.78 is 178. The molecule has 41 heavy (non-hydrogen) atoms. The van der Waals surface area contributed by atoms with Crippen LogP contribution >= 0.6 is 6.83 Å². The van der Waals surface area contributed by atoms with E-state index in [2.05, 4.69) is 0 Å². The Labute approximate surface area is 224 Å². The fraction of sp³-hybridized carbons (Fsp3) is 0.308. The molecule has 0 saturated heterocycles. The van der Waals surface area contributed by atoms with E-state index < -0.39 is 70.6 Å². The summed E-state index contributed by atoms with van der Waals surface area (Å²) in [5.41, 5.74) is -14.4. The number of aliphatic hydroxyl groups is 1. The first-order valence-corrected chi connectivity index (χ1v) is 14.3. The molecule has 4 rings (SSSR count). The van der Waals surface area contributed by atoms with Crippen molar-refractivity contribution in [3.8, 4) is 0 Å². The van der Waals surface area contributed by atoms with E-state index in [4.69, 9.17) is 4.52 Å². The zero-order chi connectivity index (χ0) is 30.9. The summed E-state index contributed by atoms with van der Waals surface area (Å²) >= 11 is 0. The predicted molar refractivity (Wildman–Crippen MR) is 126 cm³/mol. The molecule has 15 heteroatoms. The number of hydrogen-bond acceptors (Lipinski definition) is 2. The third kappa shape index (κ3) is 4.24. The Kier molecular flexibility index (Phi) is 6.89. The quantitative estimate of drug-likeness (QED) is 0.240. The van der Waals surface area contributed by atoms with Crippen molar-refractivity contribution in [1.82, 2.24) is 0 Å². The Bertz CT molecular complexity index is 1420. The minimum atomic E-state index is -6.50. The Morgan fingerprint density at radius 2 is 1.07 bits per heavy atom. The van der Waals surface area contributed by atoms with Crippen LogP contribution in [0.3, 0.4) is 0 Å². The zero-order valence-electron chi connectivity index (χ0n) is 20.6. The Morgan fingerprint density at radius 3 is 1.56 bits per heavy atom. The molecule has 0 spiro atoms. The van der Waals surface area contributed by atoms with Crippen LogP contribution in [0.4, 0.5) is 52.7 Å². The van der Waals surface area contributed by atoms with Gasteiger partial charge in [0.1, 0.15) is 0 Å². The van der Waals surface area contributed by atoms with Crippen molar-refractivity contribution < 1.29 is 62.3 Å². The molecule has 0 aromatic heterocycles. The van der Waals surface area contributed by atoms with Gasteiger partial charge in [0, 0.05) is 0 Å². The van der Waals surface area contributed by atoms with Crippen molar-refractivity contribution >= 4 is 17.4 Å². The SMILES string of the molecule is CP1(Cc2ccccc2)(c2ccccc2C(O)(C(F)(F)F)C(F)(F)F)OC(C(F)(F)F)(C(F)(F)F)c2ccccc21. The Balaban J connectivity index is 2.27. The summed E-state index contributed by atoms with van der Waals surface area (Å²) in [6.45, 7) is -5.28. The summed E-state index contributed by atoms with van der Waals surface area (Å²) in [7, 11) is 0. The Hall–Kier alpha value is -2.83. The fourth-order valence-corrected chi connectivity index (χ4v) is 11.2. The average molecular weight is 622 g/mol. The van der Waals surface area contributed by atoms with E-state index in [1.54, 1.807) is 0 Å². The van der Waals surface area contributed by atoms with E-state index in [1.807, 2.05) is 0 Å². The average Bonchev–Trinajstić information content (AvgIpc) is 3.11. The summed E-state index contributed by atoms with van der Waals surface area (Å²) in [5, 5.41) is 8.22. The maximum absolute atomic E-state index is 14.6. The van der Waals surface area contributed by atoms with Gasteiger partial charge in [0.25, 0.3) is 0 Å². The molecule has 0 aliphatic carbocycles. The van der Waals surface area contributed by atoms with Crippen LogP contribution in [-0.4, -0.2) is 36.5 Å². The van der Waals surface area contributed by atoms with E-state index in [9.17, 15) is 57.8 Å². The molecular weight excluding hydrogens is 603 g/mol. The predicted octanol–water partition coefficient (Wildman–Crippen LogP) is 7.60. The van der Waals surface area contributed by atoms with Crippen molar-refractivity contribution in [3.05, 3.63) is 95.6 Å². The molecule has 3 aromatic rings. The molecule has 1 N–H and O–H groups in total. The van der Waals surface area contributed by atoms with Crippen LogP contribution < -0.4 is 10.6 Å². The van der Waals surface area contributed by atoms with Gasteiger partial charge in [-0.2, -0.15) is 0 Å². The fourth-order valence-electron chi connectivity index (χ4n) is 5.48. The van der Waals surface area contributed by atoms with E-state index in [0.29, 0.717) is 24.9 Å². The van der Waals surface area contributed by atoms with E-state index in [-0.39, 0.29) is 11.6 Å². The second-order valence-corrected chi connectivity index (χ2v) is 14.7. The van der Waals surface area contributed by atoms with Gasteiger partial charge in [-0.05, 0) is 0 Å². The van der Waals surface area contributed by atoms with Gasteiger partial charge >= 0.3 is 224 Å². The second kappa shape index (κ2) is 9.08. The summed E-state index contributed by atoms with van der Waals surface area (Å²) in [6, 6.07) is 11.8. The number of fused-ring (bicyclic) bond motifs is 1. The van der Waals surface area contributed by atoms with E-state index >= 15 is 0 Å². The van der Waals surface area contributed by atoms with Gasteiger partial charge in [0.15, 0.2) is 0 Å². The molecule has 1 heterocycles. The van der Waals surface area contributed by atoms with Gasteiger partial charge in [-0.25, -0.2) is 0 Å². The van der Waals surface area contributed by atoms with Crippen LogP contribution in [0.15, 0.2) is 78.9 Å². The van der Waals surface area contributed by atoms with Gasteiger partial charge < -0.3 is 0 Å². The second-order valence-electron chi connectivity index (χ2n) is 9.84. The number of benzene rings is 3. The molecule has 224 valence electrons. The molecular formula is C26H19F12O2P.